The van der Waals surface area contributed by atoms with E-state index in [4.69, 9.17) is 11.6 Å². The molecule has 3 aromatic carbocycles. The lowest BCUT2D eigenvalue weighted by Gasteiger charge is -2.32. The Morgan fingerprint density at radius 1 is 0.872 bits per heavy atom. The number of benzene rings is 3. The van der Waals surface area contributed by atoms with E-state index in [2.05, 4.69) is 5.32 Å². The maximum absolute atomic E-state index is 13.7. The first-order chi connectivity index (χ1) is 18.7. The molecule has 1 aliphatic rings. The second kappa shape index (κ2) is 12.7. The fourth-order valence-corrected chi connectivity index (χ4v) is 4.95. The van der Waals surface area contributed by atoms with Gasteiger partial charge >= 0.3 is 0 Å². The monoisotopic (exact) mass is 545 g/mol. The largest absolute Gasteiger partial charge is 0.352 e. The number of hydrogen-bond donors (Lipinski definition) is 1. The van der Waals surface area contributed by atoms with Gasteiger partial charge in [-0.15, -0.1) is 0 Å². The second-order valence-electron chi connectivity index (χ2n) is 9.93. The van der Waals surface area contributed by atoms with Gasteiger partial charge in [-0.3, -0.25) is 24.1 Å². The molecule has 3 aromatic rings. The molecule has 0 saturated heterocycles. The number of amides is 4. The van der Waals surface area contributed by atoms with Gasteiger partial charge in [-0.05, 0) is 55.7 Å². The van der Waals surface area contributed by atoms with Crippen LogP contribution in [0, 0.1) is 0 Å². The molecule has 1 atom stereocenters. The summed E-state index contributed by atoms with van der Waals surface area (Å²) in [6, 6.07) is 22.6. The van der Waals surface area contributed by atoms with Gasteiger partial charge in [0.05, 0.1) is 11.1 Å². The van der Waals surface area contributed by atoms with Crippen LogP contribution in [0.3, 0.4) is 0 Å². The van der Waals surface area contributed by atoms with Crippen molar-refractivity contribution in [2.45, 2.75) is 51.7 Å². The zero-order valence-corrected chi connectivity index (χ0v) is 22.9. The van der Waals surface area contributed by atoms with Gasteiger partial charge in [-0.2, -0.15) is 0 Å². The first-order valence-corrected chi connectivity index (χ1v) is 13.5. The van der Waals surface area contributed by atoms with Crippen LogP contribution in [0.25, 0.3) is 0 Å². The third-order valence-corrected chi connectivity index (χ3v) is 6.83. The first kappa shape index (κ1) is 28.0. The Balaban J connectivity index is 1.54. The molecule has 0 aromatic heterocycles. The summed E-state index contributed by atoms with van der Waals surface area (Å²) in [7, 11) is 0. The molecule has 202 valence electrons. The van der Waals surface area contributed by atoms with Crippen LogP contribution in [0.4, 0.5) is 0 Å². The molecule has 4 amide bonds. The fraction of sp³-hybridized carbons (Fsp3) is 0.290. The number of nitrogens with one attached hydrogen (secondary N) is 1. The SMILES string of the molecule is CC(C)NC(=O)[C@H](Cc1ccccc1)N(Cc1cccc(Cl)c1)C(=O)CCCN1C(=O)c2ccccc2C1=O. The lowest BCUT2D eigenvalue weighted by Crippen LogP contribution is -2.51. The van der Waals surface area contributed by atoms with Gasteiger partial charge in [0, 0.05) is 37.0 Å². The van der Waals surface area contributed by atoms with Gasteiger partial charge in [0.2, 0.25) is 11.8 Å². The number of carbonyl (C=O) groups is 4. The topological polar surface area (TPSA) is 86.8 Å². The molecule has 1 heterocycles. The zero-order chi connectivity index (χ0) is 27.9. The molecule has 0 unspecified atom stereocenters. The molecular weight excluding hydrogens is 514 g/mol. The van der Waals surface area contributed by atoms with Crippen molar-refractivity contribution in [1.29, 1.82) is 0 Å². The number of nitrogens with zero attached hydrogens (tertiary/aromatic N) is 2. The van der Waals surface area contributed by atoms with Gasteiger partial charge in [-0.25, -0.2) is 0 Å². The van der Waals surface area contributed by atoms with Crippen LogP contribution < -0.4 is 5.32 Å². The van der Waals surface area contributed by atoms with E-state index >= 15 is 0 Å². The Morgan fingerprint density at radius 2 is 1.49 bits per heavy atom. The van der Waals surface area contributed by atoms with Crippen molar-refractivity contribution in [3.05, 3.63) is 106 Å². The maximum atomic E-state index is 13.7. The number of rotatable bonds is 11. The molecule has 0 bridgehead atoms. The number of halogens is 1. The average molecular weight is 546 g/mol. The Hall–Kier alpha value is -3.97. The lowest BCUT2D eigenvalue weighted by atomic mass is 10.0. The highest BCUT2D eigenvalue weighted by molar-refractivity contribution is 6.30. The van der Waals surface area contributed by atoms with Crippen molar-refractivity contribution >= 4 is 35.2 Å². The van der Waals surface area contributed by atoms with Crippen molar-refractivity contribution in [1.82, 2.24) is 15.1 Å². The zero-order valence-electron chi connectivity index (χ0n) is 22.1. The quantitative estimate of drug-likeness (QED) is 0.348. The van der Waals surface area contributed by atoms with E-state index in [0.29, 0.717) is 22.6 Å². The van der Waals surface area contributed by atoms with Crippen LogP contribution in [0.5, 0.6) is 0 Å². The highest BCUT2D eigenvalue weighted by atomic mass is 35.5. The number of fused-ring (bicyclic) bond motifs is 1. The van der Waals surface area contributed by atoms with Crippen LogP contribution >= 0.6 is 11.6 Å². The fourth-order valence-electron chi connectivity index (χ4n) is 4.74. The maximum Gasteiger partial charge on any atom is 0.261 e. The van der Waals surface area contributed by atoms with Crippen LogP contribution in [0.2, 0.25) is 5.02 Å². The summed E-state index contributed by atoms with van der Waals surface area (Å²) in [5.41, 5.74) is 2.48. The molecule has 1 N–H and O–H groups in total. The van der Waals surface area contributed by atoms with Crippen molar-refractivity contribution in [2.24, 2.45) is 0 Å². The van der Waals surface area contributed by atoms with E-state index in [-0.39, 0.29) is 55.6 Å². The minimum atomic E-state index is -0.763. The Labute approximate surface area is 233 Å². The third-order valence-electron chi connectivity index (χ3n) is 6.59. The molecule has 0 radical (unpaired) electrons. The lowest BCUT2D eigenvalue weighted by molar-refractivity contribution is -0.141. The van der Waals surface area contributed by atoms with E-state index in [1.54, 1.807) is 41.3 Å². The summed E-state index contributed by atoms with van der Waals surface area (Å²) < 4.78 is 0. The minimum absolute atomic E-state index is 0.0637. The van der Waals surface area contributed by atoms with Crippen molar-refractivity contribution in [3.63, 3.8) is 0 Å². The van der Waals surface area contributed by atoms with Gasteiger partial charge < -0.3 is 10.2 Å². The summed E-state index contributed by atoms with van der Waals surface area (Å²) in [6.07, 6.45) is 0.679. The van der Waals surface area contributed by atoms with Crippen LogP contribution in [-0.4, -0.2) is 52.1 Å². The molecule has 0 spiro atoms. The van der Waals surface area contributed by atoms with Crippen molar-refractivity contribution in [3.8, 4) is 0 Å². The summed E-state index contributed by atoms with van der Waals surface area (Å²) in [4.78, 5) is 55.4. The van der Waals surface area contributed by atoms with Crippen molar-refractivity contribution in [2.75, 3.05) is 6.54 Å². The normalized spacial score (nSPS) is 13.4. The summed E-state index contributed by atoms with van der Waals surface area (Å²) in [6.45, 7) is 4.06. The van der Waals surface area contributed by atoms with Gasteiger partial charge in [0.15, 0.2) is 0 Å². The smallest absolute Gasteiger partial charge is 0.261 e. The van der Waals surface area contributed by atoms with E-state index in [9.17, 15) is 19.2 Å². The Bertz CT molecular complexity index is 1320. The second-order valence-corrected chi connectivity index (χ2v) is 10.4. The predicted octanol–water partition coefficient (Wildman–Crippen LogP) is 4.88. The molecule has 1 aliphatic heterocycles. The molecule has 8 heteroatoms. The molecule has 0 saturated carbocycles. The number of carbonyl (C=O) groups excluding carboxylic acids is 4. The van der Waals surface area contributed by atoms with Gasteiger partial charge in [0.25, 0.3) is 11.8 Å². The number of hydrogen-bond acceptors (Lipinski definition) is 4. The van der Waals surface area contributed by atoms with Crippen molar-refractivity contribution < 1.29 is 19.2 Å². The van der Waals surface area contributed by atoms with Crippen LogP contribution in [-0.2, 0) is 22.6 Å². The molecule has 0 fully saturated rings. The van der Waals surface area contributed by atoms with E-state index in [1.165, 1.54) is 4.90 Å². The highest BCUT2D eigenvalue weighted by Gasteiger charge is 2.35. The van der Waals surface area contributed by atoms with E-state index in [1.807, 2.05) is 56.3 Å². The predicted molar refractivity (Wildman–Crippen MR) is 150 cm³/mol. The summed E-state index contributed by atoms with van der Waals surface area (Å²) in [5, 5.41) is 3.50. The molecule has 4 rings (SSSR count). The van der Waals surface area contributed by atoms with E-state index < -0.39 is 6.04 Å². The summed E-state index contributed by atoms with van der Waals surface area (Å²) in [5.74, 6) is -1.19. The molecule has 7 nitrogen and oxygen atoms in total. The molecular formula is C31H32ClN3O4. The minimum Gasteiger partial charge on any atom is -0.352 e. The van der Waals surface area contributed by atoms with Gasteiger partial charge in [0.1, 0.15) is 6.04 Å². The standard InChI is InChI=1S/C31H32ClN3O4/c1-21(2)33-29(37)27(19-22-10-4-3-5-11-22)35(20-23-12-8-13-24(32)18-23)28(36)16-9-17-34-30(38)25-14-6-7-15-26(25)31(34)39/h3-8,10-15,18,21,27H,9,16-17,19-20H2,1-2H3,(H,33,37)/t27-/m0/s1. The van der Waals surface area contributed by atoms with Gasteiger partial charge in [-0.1, -0.05) is 66.2 Å². The average Bonchev–Trinajstić information content (AvgIpc) is 3.15. The Morgan fingerprint density at radius 3 is 2.10 bits per heavy atom. The molecule has 0 aliphatic carbocycles. The molecule has 39 heavy (non-hydrogen) atoms. The van der Waals surface area contributed by atoms with Crippen LogP contribution in [0.1, 0.15) is 58.5 Å². The highest BCUT2D eigenvalue weighted by Crippen LogP contribution is 2.23. The summed E-state index contributed by atoms with van der Waals surface area (Å²) >= 11 is 6.22. The van der Waals surface area contributed by atoms with Crippen LogP contribution in [0.15, 0.2) is 78.9 Å². The third kappa shape index (κ3) is 6.92. The van der Waals surface area contributed by atoms with E-state index in [0.717, 1.165) is 11.1 Å². The first-order valence-electron chi connectivity index (χ1n) is 13.1. The number of imide groups is 1. The Kier molecular flexibility index (Phi) is 9.15.